The van der Waals surface area contributed by atoms with Crippen molar-refractivity contribution in [1.82, 2.24) is 4.98 Å². The Bertz CT molecular complexity index is 629. The molecule has 0 amide bonds. The van der Waals surface area contributed by atoms with Gasteiger partial charge in [0.2, 0.25) is 5.88 Å². The number of aromatic nitrogens is 1. The summed E-state index contributed by atoms with van der Waals surface area (Å²) in [5.41, 5.74) is 6.56. The van der Waals surface area contributed by atoms with Gasteiger partial charge in [0, 0.05) is 28.8 Å². The van der Waals surface area contributed by atoms with Gasteiger partial charge in [-0.15, -0.1) is 0 Å². The highest BCUT2D eigenvalue weighted by Crippen LogP contribution is 2.29. The molecule has 0 aliphatic rings. The number of hydrogen-bond donors (Lipinski definition) is 1. The van der Waals surface area contributed by atoms with Crippen LogP contribution < -0.4 is 10.5 Å². The van der Waals surface area contributed by atoms with Crippen LogP contribution in [0.4, 0.5) is 5.69 Å². The Hall–Kier alpha value is -1.99. The molecule has 1 atom stereocenters. The lowest BCUT2D eigenvalue weighted by molar-refractivity contribution is -0.385. The van der Waals surface area contributed by atoms with Crippen LogP contribution in [0.3, 0.4) is 0 Å². The molecule has 0 aliphatic carbocycles. The number of hydrogen-bond acceptors (Lipinski definition) is 5. The van der Waals surface area contributed by atoms with Gasteiger partial charge in [0.25, 0.3) is 5.69 Å². The standard InChI is InChI=1S/C13H12BrN3O3/c1-8(15)9-2-3-13(16-7-9)20-12-5-10(14)4-11(6-12)17(18)19/h2-8H,15H2,1H3/t8-/m1/s1. The van der Waals surface area contributed by atoms with Gasteiger partial charge in [-0.3, -0.25) is 10.1 Å². The zero-order valence-electron chi connectivity index (χ0n) is 10.6. The average molecular weight is 338 g/mol. The number of rotatable bonds is 4. The molecule has 104 valence electrons. The molecule has 0 unspecified atom stereocenters. The second-order valence-electron chi connectivity index (χ2n) is 4.22. The maximum Gasteiger partial charge on any atom is 0.274 e. The van der Waals surface area contributed by atoms with E-state index in [2.05, 4.69) is 20.9 Å². The summed E-state index contributed by atoms with van der Waals surface area (Å²) in [5.74, 6) is 0.689. The summed E-state index contributed by atoms with van der Waals surface area (Å²) < 4.78 is 6.06. The summed E-state index contributed by atoms with van der Waals surface area (Å²) in [5, 5.41) is 10.8. The van der Waals surface area contributed by atoms with Gasteiger partial charge in [0.15, 0.2) is 0 Å². The first-order valence-corrected chi connectivity index (χ1v) is 6.59. The van der Waals surface area contributed by atoms with Gasteiger partial charge in [-0.05, 0) is 18.6 Å². The van der Waals surface area contributed by atoms with Gasteiger partial charge in [-0.2, -0.15) is 0 Å². The van der Waals surface area contributed by atoms with Gasteiger partial charge in [-0.1, -0.05) is 22.0 Å². The van der Waals surface area contributed by atoms with E-state index in [1.165, 1.54) is 12.1 Å². The molecule has 0 saturated heterocycles. The maximum atomic E-state index is 10.8. The van der Waals surface area contributed by atoms with Gasteiger partial charge in [0.05, 0.1) is 11.0 Å². The van der Waals surface area contributed by atoms with E-state index in [-0.39, 0.29) is 11.7 Å². The first-order valence-electron chi connectivity index (χ1n) is 5.80. The Morgan fingerprint density at radius 2 is 2.15 bits per heavy atom. The summed E-state index contributed by atoms with van der Waals surface area (Å²) >= 11 is 3.20. The third-order valence-electron chi connectivity index (χ3n) is 2.57. The zero-order valence-corrected chi connectivity index (χ0v) is 12.2. The summed E-state index contributed by atoms with van der Waals surface area (Å²) in [4.78, 5) is 14.4. The predicted molar refractivity (Wildman–Crippen MR) is 77.7 cm³/mol. The molecule has 2 aromatic rings. The smallest absolute Gasteiger partial charge is 0.274 e. The Morgan fingerprint density at radius 3 is 2.70 bits per heavy atom. The molecule has 0 spiro atoms. The summed E-state index contributed by atoms with van der Waals surface area (Å²) in [6.45, 7) is 1.86. The highest BCUT2D eigenvalue weighted by atomic mass is 79.9. The van der Waals surface area contributed by atoms with Crippen LogP contribution in [0.1, 0.15) is 18.5 Å². The van der Waals surface area contributed by atoms with Crippen LogP contribution in [-0.4, -0.2) is 9.91 Å². The van der Waals surface area contributed by atoms with Gasteiger partial charge in [-0.25, -0.2) is 4.98 Å². The van der Waals surface area contributed by atoms with Crippen molar-refractivity contribution in [3.63, 3.8) is 0 Å². The molecule has 2 N–H and O–H groups in total. The van der Waals surface area contributed by atoms with Crippen LogP contribution in [-0.2, 0) is 0 Å². The quantitative estimate of drug-likeness (QED) is 0.680. The van der Waals surface area contributed by atoms with E-state index in [9.17, 15) is 10.1 Å². The zero-order chi connectivity index (χ0) is 14.7. The molecule has 7 heteroatoms. The highest BCUT2D eigenvalue weighted by Gasteiger charge is 2.10. The van der Waals surface area contributed by atoms with Gasteiger partial charge < -0.3 is 10.5 Å². The molecular weight excluding hydrogens is 326 g/mol. The van der Waals surface area contributed by atoms with Crippen molar-refractivity contribution >= 4 is 21.6 Å². The summed E-state index contributed by atoms with van der Waals surface area (Å²) in [6, 6.07) is 7.74. The number of non-ortho nitro benzene ring substituents is 1. The van der Waals surface area contributed by atoms with E-state index in [1.807, 2.05) is 6.92 Å². The second-order valence-corrected chi connectivity index (χ2v) is 5.14. The lowest BCUT2D eigenvalue weighted by atomic mass is 10.2. The summed E-state index contributed by atoms with van der Waals surface area (Å²) in [6.07, 6.45) is 1.62. The molecule has 0 aliphatic heterocycles. The number of ether oxygens (including phenoxy) is 1. The minimum atomic E-state index is -0.482. The van der Waals surface area contributed by atoms with E-state index >= 15 is 0 Å². The van der Waals surface area contributed by atoms with E-state index in [0.717, 1.165) is 5.56 Å². The molecule has 0 radical (unpaired) electrons. The van der Waals surface area contributed by atoms with Crippen LogP contribution in [0.15, 0.2) is 41.0 Å². The van der Waals surface area contributed by atoms with Crippen molar-refractivity contribution in [2.45, 2.75) is 13.0 Å². The average Bonchev–Trinajstić information content (AvgIpc) is 2.38. The number of nitrogens with two attached hydrogens (primary N) is 1. The molecule has 0 bridgehead atoms. The van der Waals surface area contributed by atoms with Crippen LogP contribution >= 0.6 is 15.9 Å². The van der Waals surface area contributed by atoms with Crippen LogP contribution in [0.5, 0.6) is 11.6 Å². The predicted octanol–water partition coefficient (Wildman–Crippen LogP) is 3.56. The topological polar surface area (TPSA) is 91.3 Å². The van der Waals surface area contributed by atoms with Crippen molar-refractivity contribution in [1.29, 1.82) is 0 Å². The number of pyridine rings is 1. The Balaban J connectivity index is 2.23. The van der Waals surface area contributed by atoms with Crippen molar-refractivity contribution in [2.24, 2.45) is 5.73 Å². The van der Waals surface area contributed by atoms with Crippen LogP contribution in [0.25, 0.3) is 0 Å². The van der Waals surface area contributed by atoms with Crippen LogP contribution in [0, 0.1) is 10.1 Å². The van der Waals surface area contributed by atoms with Crippen molar-refractivity contribution in [3.05, 3.63) is 56.7 Å². The first-order chi connectivity index (χ1) is 9.45. The third-order valence-corrected chi connectivity index (χ3v) is 3.03. The Morgan fingerprint density at radius 1 is 1.40 bits per heavy atom. The number of benzene rings is 1. The Kier molecular flexibility index (Phi) is 4.31. The fourth-order valence-electron chi connectivity index (χ4n) is 1.55. The molecule has 0 fully saturated rings. The molecule has 1 aromatic heterocycles. The molecule has 20 heavy (non-hydrogen) atoms. The minimum absolute atomic E-state index is 0.0541. The number of nitrogens with zero attached hydrogens (tertiary/aromatic N) is 2. The Labute approximate surface area is 123 Å². The minimum Gasteiger partial charge on any atom is -0.439 e. The lowest BCUT2D eigenvalue weighted by Crippen LogP contribution is -2.05. The van der Waals surface area contributed by atoms with Crippen LogP contribution in [0.2, 0.25) is 0 Å². The molecule has 1 heterocycles. The molecule has 0 saturated carbocycles. The monoisotopic (exact) mass is 337 g/mol. The normalized spacial score (nSPS) is 11.9. The number of halogens is 1. The van der Waals surface area contributed by atoms with Crippen molar-refractivity contribution < 1.29 is 9.66 Å². The third kappa shape index (κ3) is 3.52. The molecule has 2 rings (SSSR count). The van der Waals surface area contributed by atoms with E-state index in [0.29, 0.717) is 16.1 Å². The first kappa shape index (κ1) is 14.4. The molecule has 6 nitrogen and oxygen atoms in total. The molecule has 1 aromatic carbocycles. The highest BCUT2D eigenvalue weighted by molar-refractivity contribution is 9.10. The molecular formula is C13H12BrN3O3. The lowest BCUT2D eigenvalue weighted by Gasteiger charge is -2.08. The SMILES string of the molecule is C[C@@H](N)c1ccc(Oc2cc(Br)cc([N+](=O)[O-])c2)nc1. The fourth-order valence-corrected chi connectivity index (χ4v) is 2.01. The largest absolute Gasteiger partial charge is 0.439 e. The fraction of sp³-hybridized carbons (Fsp3) is 0.154. The van der Waals surface area contributed by atoms with Crippen molar-refractivity contribution in [3.8, 4) is 11.6 Å². The number of nitro groups is 1. The van der Waals surface area contributed by atoms with E-state index in [4.69, 9.17) is 10.5 Å². The van der Waals surface area contributed by atoms with E-state index in [1.54, 1.807) is 24.4 Å². The number of nitro benzene ring substituents is 1. The van der Waals surface area contributed by atoms with Gasteiger partial charge in [0.1, 0.15) is 5.75 Å². The maximum absolute atomic E-state index is 10.8. The van der Waals surface area contributed by atoms with E-state index < -0.39 is 4.92 Å². The van der Waals surface area contributed by atoms with Gasteiger partial charge >= 0.3 is 0 Å². The van der Waals surface area contributed by atoms with Crippen molar-refractivity contribution in [2.75, 3.05) is 0 Å². The second kappa shape index (κ2) is 5.98. The summed E-state index contributed by atoms with van der Waals surface area (Å²) in [7, 11) is 0.